The number of carbonyl (C=O) groups excluding carboxylic acids is 1. The van der Waals surface area contributed by atoms with Gasteiger partial charge in [-0.25, -0.2) is 4.68 Å². The summed E-state index contributed by atoms with van der Waals surface area (Å²) in [5.74, 6) is 0.624. The number of aromatic nitrogens is 2. The Morgan fingerprint density at radius 2 is 2.25 bits per heavy atom. The van der Waals surface area contributed by atoms with Crippen molar-refractivity contribution in [3.05, 3.63) is 12.3 Å². The average Bonchev–Trinajstić information content (AvgIpc) is 2.47. The molecule has 0 radical (unpaired) electrons. The number of amides is 1. The van der Waals surface area contributed by atoms with Crippen molar-refractivity contribution in [2.45, 2.75) is 45.7 Å². The van der Waals surface area contributed by atoms with Gasteiger partial charge in [0.05, 0.1) is 6.20 Å². The summed E-state index contributed by atoms with van der Waals surface area (Å²) < 4.78 is 1.77. The van der Waals surface area contributed by atoms with Crippen LogP contribution in [-0.4, -0.2) is 21.2 Å². The summed E-state index contributed by atoms with van der Waals surface area (Å²) in [7, 11) is 0. The molecular weight excluding hydrogens is 204 g/mol. The number of hydrogen-bond acceptors (Lipinski definition) is 3. The summed E-state index contributed by atoms with van der Waals surface area (Å²) >= 11 is 0. The molecule has 0 aliphatic heterocycles. The minimum Gasteiger partial charge on any atom is -0.325 e. The number of carbonyl (C=O) groups is 1. The number of nitrogens with one attached hydrogen (secondary N) is 1. The van der Waals surface area contributed by atoms with Gasteiger partial charge in [-0.05, 0) is 27.7 Å². The summed E-state index contributed by atoms with van der Waals surface area (Å²) in [5, 5.41) is 6.95. The Hall–Kier alpha value is -1.36. The van der Waals surface area contributed by atoms with Gasteiger partial charge in [-0.3, -0.25) is 4.79 Å². The normalized spacial score (nSPS) is 11.9. The number of nitrogens with two attached hydrogens (primary N) is 1. The van der Waals surface area contributed by atoms with E-state index >= 15 is 0 Å². The van der Waals surface area contributed by atoms with Crippen LogP contribution in [0.4, 0.5) is 5.82 Å². The first-order valence-electron chi connectivity index (χ1n) is 5.42. The monoisotopic (exact) mass is 224 g/mol. The van der Waals surface area contributed by atoms with Crippen molar-refractivity contribution in [2.24, 2.45) is 5.73 Å². The van der Waals surface area contributed by atoms with Gasteiger partial charge in [-0.15, -0.1) is 0 Å². The minimum absolute atomic E-state index is 0.0881. The molecule has 1 rings (SSSR count). The van der Waals surface area contributed by atoms with Crippen LogP contribution in [0.1, 0.15) is 40.2 Å². The van der Waals surface area contributed by atoms with Crippen LogP contribution in [-0.2, 0) is 4.79 Å². The van der Waals surface area contributed by atoms with E-state index in [1.807, 2.05) is 27.7 Å². The second-order valence-corrected chi connectivity index (χ2v) is 4.97. The Kier molecular flexibility index (Phi) is 3.70. The van der Waals surface area contributed by atoms with Gasteiger partial charge in [0.15, 0.2) is 0 Å². The first-order valence-corrected chi connectivity index (χ1v) is 5.42. The van der Waals surface area contributed by atoms with Gasteiger partial charge < -0.3 is 11.1 Å². The molecule has 1 heterocycles. The van der Waals surface area contributed by atoms with E-state index in [1.54, 1.807) is 16.9 Å². The van der Waals surface area contributed by atoms with Crippen LogP contribution >= 0.6 is 0 Å². The maximum absolute atomic E-state index is 11.7. The van der Waals surface area contributed by atoms with Crippen molar-refractivity contribution in [3.63, 3.8) is 0 Å². The smallest absolute Gasteiger partial charge is 0.227 e. The first-order chi connectivity index (χ1) is 7.29. The molecule has 0 aliphatic carbocycles. The largest absolute Gasteiger partial charge is 0.325 e. The lowest BCUT2D eigenvalue weighted by Gasteiger charge is -2.18. The van der Waals surface area contributed by atoms with E-state index < -0.39 is 5.54 Å². The standard InChI is InChI=1S/C11H20N4O/c1-8(2)15-9(5-6-13-15)14-10(16)7-11(3,4)12/h5-6,8H,7,12H2,1-4H3,(H,14,16). The molecule has 16 heavy (non-hydrogen) atoms. The molecule has 5 nitrogen and oxygen atoms in total. The molecule has 1 aromatic heterocycles. The van der Waals surface area contributed by atoms with Crippen LogP contribution in [0.15, 0.2) is 12.3 Å². The lowest BCUT2D eigenvalue weighted by atomic mass is 10.0. The van der Waals surface area contributed by atoms with Crippen LogP contribution in [0.25, 0.3) is 0 Å². The van der Waals surface area contributed by atoms with Crippen LogP contribution in [0.2, 0.25) is 0 Å². The summed E-state index contributed by atoms with van der Waals surface area (Å²) in [6.07, 6.45) is 1.96. The van der Waals surface area contributed by atoms with E-state index in [0.29, 0.717) is 5.82 Å². The van der Waals surface area contributed by atoms with E-state index in [-0.39, 0.29) is 18.4 Å². The highest BCUT2D eigenvalue weighted by Gasteiger charge is 2.17. The van der Waals surface area contributed by atoms with Crippen LogP contribution in [0.3, 0.4) is 0 Å². The van der Waals surface area contributed by atoms with Gasteiger partial charge in [0.2, 0.25) is 5.91 Å². The molecular formula is C11H20N4O. The molecule has 90 valence electrons. The third-order valence-electron chi connectivity index (χ3n) is 2.04. The van der Waals surface area contributed by atoms with Crippen molar-refractivity contribution >= 4 is 11.7 Å². The van der Waals surface area contributed by atoms with Crippen LogP contribution < -0.4 is 11.1 Å². The van der Waals surface area contributed by atoms with E-state index in [0.717, 1.165) is 0 Å². The molecule has 0 bridgehead atoms. The van der Waals surface area contributed by atoms with Gasteiger partial charge in [-0.1, -0.05) is 0 Å². The van der Waals surface area contributed by atoms with E-state index in [9.17, 15) is 4.79 Å². The molecule has 3 N–H and O–H groups in total. The molecule has 0 saturated carbocycles. The van der Waals surface area contributed by atoms with Gasteiger partial charge in [0, 0.05) is 24.1 Å². The first kappa shape index (κ1) is 12.7. The van der Waals surface area contributed by atoms with Crippen molar-refractivity contribution in [3.8, 4) is 0 Å². The molecule has 0 aliphatic rings. The fraction of sp³-hybridized carbons (Fsp3) is 0.636. The lowest BCUT2D eigenvalue weighted by Crippen LogP contribution is -2.36. The Balaban J connectivity index is 2.67. The summed E-state index contributed by atoms with van der Waals surface area (Å²) in [6, 6.07) is 2.00. The second-order valence-electron chi connectivity index (χ2n) is 4.97. The number of hydrogen-bond donors (Lipinski definition) is 2. The number of rotatable bonds is 4. The van der Waals surface area contributed by atoms with Crippen LogP contribution in [0, 0.1) is 0 Å². The highest BCUT2D eigenvalue weighted by Crippen LogP contribution is 2.14. The van der Waals surface area contributed by atoms with E-state index in [4.69, 9.17) is 5.73 Å². The zero-order chi connectivity index (χ0) is 12.3. The van der Waals surface area contributed by atoms with Crippen molar-refractivity contribution in [2.75, 3.05) is 5.32 Å². The third kappa shape index (κ3) is 3.66. The molecule has 0 unspecified atom stereocenters. The van der Waals surface area contributed by atoms with Crippen molar-refractivity contribution < 1.29 is 4.79 Å². The van der Waals surface area contributed by atoms with Crippen molar-refractivity contribution in [1.29, 1.82) is 0 Å². The summed E-state index contributed by atoms with van der Waals surface area (Å²) in [4.78, 5) is 11.7. The zero-order valence-corrected chi connectivity index (χ0v) is 10.3. The predicted octanol–water partition coefficient (Wildman–Crippen LogP) is 1.53. The van der Waals surface area contributed by atoms with E-state index in [1.165, 1.54) is 0 Å². The fourth-order valence-electron chi connectivity index (χ4n) is 1.43. The van der Waals surface area contributed by atoms with Crippen molar-refractivity contribution in [1.82, 2.24) is 9.78 Å². The van der Waals surface area contributed by atoms with E-state index in [2.05, 4.69) is 10.4 Å². The molecule has 0 saturated heterocycles. The Labute approximate surface area is 96.0 Å². The zero-order valence-electron chi connectivity index (χ0n) is 10.3. The lowest BCUT2D eigenvalue weighted by molar-refractivity contribution is -0.117. The molecule has 0 aromatic carbocycles. The highest BCUT2D eigenvalue weighted by atomic mass is 16.1. The molecule has 0 atom stereocenters. The Bertz CT molecular complexity index is 362. The second kappa shape index (κ2) is 4.65. The summed E-state index contributed by atoms with van der Waals surface area (Å²) in [6.45, 7) is 7.67. The minimum atomic E-state index is -0.493. The molecule has 0 spiro atoms. The quantitative estimate of drug-likeness (QED) is 0.814. The maximum Gasteiger partial charge on any atom is 0.227 e. The predicted molar refractivity (Wildman–Crippen MR) is 64.1 cm³/mol. The molecule has 1 amide bonds. The highest BCUT2D eigenvalue weighted by molar-refractivity contribution is 5.90. The topological polar surface area (TPSA) is 72.9 Å². The van der Waals surface area contributed by atoms with Crippen LogP contribution in [0.5, 0.6) is 0 Å². The SMILES string of the molecule is CC(C)n1nccc1NC(=O)CC(C)(C)N. The average molecular weight is 224 g/mol. The number of anilines is 1. The Morgan fingerprint density at radius 3 is 2.75 bits per heavy atom. The Morgan fingerprint density at radius 1 is 1.62 bits per heavy atom. The molecule has 5 heteroatoms. The number of nitrogens with zero attached hydrogens (tertiary/aromatic N) is 2. The maximum atomic E-state index is 11.7. The summed E-state index contributed by atoms with van der Waals surface area (Å²) in [5.41, 5.74) is 5.29. The van der Waals surface area contributed by atoms with Gasteiger partial charge in [0.25, 0.3) is 0 Å². The fourth-order valence-corrected chi connectivity index (χ4v) is 1.43. The third-order valence-corrected chi connectivity index (χ3v) is 2.04. The molecule has 1 aromatic rings. The van der Waals surface area contributed by atoms with Gasteiger partial charge in [0.1, 0.15) is 5.82 Å². The molecule has 0 fully saturated rings. The van der Waals surface area contributed by atoms with Gasteiger partial charge in [-0.2, -0.15) is 5.10 Å². The van der Waals surface area contributed by atoms with Gasteiger partial charge >= 0.3 is 0 Å².